The van der Waals surface area contributed by atoms with E-state index >= 15 is 0 Å². The van der Waals surface area contributed by atoms with Crippen LogP contribution in [0.4, 0.5) is 5.69 Å². The molecular weight excluding hydrogens is 232 g/mol. The summed E-state index contributed by atoms with van der Waals surface area (Å²) in [5, 5.41) is 12.9. The summed E-state index contributed by atoms with van der Waals surface area (Å²) in [6, 6.07) is 8.12. The molecule has 0 heterocycles. The summed E-state index contributed by atoms with van der Waals surface area (Å²) in [6.45, 7) is 2.22. The molecule has 1 saturated carbocycles. The minimum absolute atomic E-state index is 0.463. The van der Waals surface area contributed by atoms with Crippen LogP contribution in [-0.4, -0.2) is 6.04 Å². The van der Waals surface area contributed by atoms with Gasteiger partial charge in [0.2, 0.25) is 0 Å². The summed E-state index contributed by atoms with van der Waals surface area (Å²) in [5.41, 5.74) is 1.53. The summed E-state index contributed by atoms with van der Waals surface area (Å²) in [6.07, 6.45) is 5.32. The molecule has 2 nitrogen and oxygen atoms in total. The zero-order valence-corrected chi connectivity index (χ0v) is 10.8. The van der Waals surface area contributed by atoms with Gasteiger partial charge in [-0.15, -0.1) is 0 Å². The van der Waals surface area contributed by atoms with Crippen molar-refractivity contribution in [3.05, 3.63) is 28.8 Å². The Kier molecular flexibility index (Phi) is 3.91. The molecule has 1 atom stereocenters. The van der Waals surface area contributed by atoms with Crippen LogP contribution in [0.5, 0.6) is 0 Å². The van der Waals surface area contributed by atoms with Crippen LogP contribution in [-0.2, 0) is 0 Å². The fourth-order valence-corrected chi connectivity index (χ4v) is 2.70. The lowest BCUT2D eigenvalue weighted by Gasteiger charge is -2.21. The molecule has 0 spiro atoms. The van der Waals surface area contributed by atoms with Crippen LogP contribution in [0.15, 0.2) is 18.2 Å². The predicted molar refractivity (Wildman–Crippen MR) is 71.2 cm³/mol. The van der Waals surface area contributed by atoms with E-state index in [9.17, 15) is 0 Å². The zero-order chi connectivity index (χ0) is 12.3. The maximum absolute atomic E-state index is 8.93. The van der Waals surface area contributed by atoms with Crippen LogP contribution in [0.1, 0.15) is 38.2 Å². The van der Waals surface area contributed by atoms with Gasteiger partial charge < -0.3 is 5.32 Å². The molecule has 0 amide bonds. The predicted octanol–water partition coefficient (Wildman–Crippen LogP) is 4.20. The van der Waals surface area contributed by atoms with E-state index in [1.165, 1.54) is 25.7 Å². The van der Waals surface area contributed by atoms with Gasteiger partial charge in [-0.2, -0.15) is 5.26 Å². The van der Waals surface area contributed by atoms with E-state index < -0.39 is 0 Å². The molecule has 0 bridgehead atoms. The van der Waals surface area contributed by atoms with Crippen LogP contribution < -0.4 is 5.32 Å². The second-order valence-electron chi connectivity index (χ2n) is 4.78. The van der Waals surface area contributed by atoms with Crippen molar-refractivity contribution in [2.24, 2.45) is 5.92 Å². The average molecular weight is 249 g/mol. The van der Waals surface area contributed by atoms with Crippen molar-refractivity contribution in [2.75, 3.05) is 5.32 Å². The largest absolute Gasteiger partial charge is 0.382 e. The number of anilines is 1. The number of rotatable bonds is 3. The van der Waals surface area contributed by atoms with Crippen molar-refractivity contribution in [1.29, 1.82) is 5.26 Å². The molecule has 2 rings (SSSR count). The molecule has 1 aliphatic carbocycles. The third kappa shape index (κ3) is 2.92. The van der Waals surface area contributed by atoms with Crippen LogP contribution in [0.2, 0.25) is 5.02 Å². The van der Waals surface area contributed by atoms with Crippen LogP contribution in [0.3, 0.4) is 0 Å². The topological polar surface area (TPSA) is 35.8 Å². The third-order valence-corrected chi connectivity index (χ3v) is 3.92. The van der Waals surface area contributed by atoms with E-state index in [1.807, 2.05) is 12.1 Å². The summed E-state index contributed by atoms with van der Waals surface area (Å²) in [5.74, 6) is 0.760. The van der Waals surface area contributed by atoms with Crippen molar-refractivity contribution in [3.63, 3.8) is 0 Å². The molecule has 0 saturated heterocycles. The van der Waals surface area contributed by atoms with Gasteiger partial charge in [0.05, 0.1) is 10.6 Å². The Morgan fingerprint density at radius 1 is 1.41 bits per heavy atom. The molecule has 1 aromatic rings. The quantitative estimate of drug-likeness (QED) is 0.870. The van der Waals surface area contributed by atoms with Crippen molar-refractivity contribution < 1.29 is 0 Å². The molecule has 0 aliphatic heterocycles. The SMILES string of the molecule is CC(Nc1ccc(Cl)c(C#N)c1)C1CCCC1. The van der Waals surface area contributed by atoms with Gasteiger partial charge in [0.1, 0.15) is 6.07 Å². The first kappa shape index (κ1) is 12.3. The molecule has 3 heteroatoms. The Labute approximate surface area is 108 Å². The minimum Gasteiger partial charge on any atom is -0.382 e. The first-order valence-electron chi connectivity index (χ1n) is 6.17. The molecule has 0 aromatic heterocycles. The van der Waals surface area contributed by atoms with Crippen molar-refractivity contribution in [2.45, 2.75) is 38.6 Å². The van der Waals surface area contributed by atoms with Crippen LogP contribution in [0.25, 0.3) is 0 Å². The van der Waals surface area contributed by atoms with Gasteiger partial charge in [0.25, 0.3) is 0 Å². The van der Waals surface area contributed by atoms with E-state index in [1.54, 1.807) is 6.07 Å². The van der Waals surface area contributed by atoms with Gasteiger partial charge in [0, 0.05) is 11.7 Å². The summed E-state index contributed by atoms with van der Waals surface area (Å²) in [4.78, 5) is 0. The maximum Gasteiger partial charge on any atom is 0.101 e. The lowest BCUT2D eigenvalue weighted by atomic mass is 9.99. The van der Waals surface area contributed by atoms with Gasteiger partial charge in [-0.3, -0.25) is 0 Å². The summed E-state index contributed by atoms with van der Waals surface area (Å²) >= 11 is 5.91. The highest BCUT2D eigenvalue weighted by Gasteiger charge is 2.21. The van der Waals surface area contributed by atoms with Gasteiger partial charge in [-0.05, 0) is 43.9 Å². The second-order valence-corrected chi connectivity index (χ2v) is 5.19. The summed E-state index contributed by atoms with van der Waals surface area (Å²) in [7, 11) is 0. The molecule has 1 aliphatic rings. The smallest absolute Gasteiger partial charge is 0.101 e. The third-order valence-electron chi connectivity index (χ3n) is 3.59. The van der Waals surface area contributed by atoms with E-state index in [2.05, 4.69) is 18.3 Å². The monoisotopic (exact) mass is 248 g/mol. The minimum atomic E-state index is 0.463. The normalized spacial score (nSPS) is 17.7. The van der Waals surface area contributed by atoms with Gasteiger partial charge in [-0.25, -0.2) is 0 Å². The average Bonchev–Trinajstić information content (AvgIpc) is 2.85. The Morgan fingerprint density at radius 2 is 2.12 bits per heavy atom. The lowest BCUT2D eigenvalue weighted by Crippen LogP contribution is -2.23. The molecule has 1 aromatic carbocycles. The van der Waals surface area contributed by atoms with E-state index in [-0.39, 0.29) is 0 Å². The molecule has 17 heavy (non-hydrogen) atoms. The fourth-order valence-electron chi connectivity index (χ4n) is 2.54. The van der Waals surface area contributed by atoms with E-state index in [4.69, 9.17) is 16.9 Å². The number of nitriles is 1. The number of hydrogen-bond donors (Lipinski definition) is 1. The molecule has 0 radical (unpaired) electrons. The number of hydrogen-bond acceptors (Lipinski definition) is 2. The molecule has 1 fully saturated rings. The highest BCUT2D eigenvalue weighted by molar-refractivity contribution is 6.31. The number of nitrogens with one attached hydrogen (secondary N) is 1. The Bertz CT molecular complexity index is 430. The van der Waals surface area contributed by atoms with Crippen LogP contribution in [0, 0.1) is 17.2 Å². The molecule has 90 valence electrons. The maximum atomic E-state index is 8.93. The number of halogens is 1. The second kappa shape index (κ2) is 5.42. The number of nitrogens with zero attached hydrogens (tertiary/aromatic N) is 1. The number of benzene rings is 1. The van der Waals surface area contributed by atoms with Gasteiger partial charge in [-0.1, -0.05) is 24.4 Å². The van der Waals surface area contributed by atoms with Crippen molar-refractivity contribution in [1.82, 2.24) is 0 Å². The van der Waals surface area contributed by atoms with Gasteiger partial charge >= 0.3 is 0 Å². The first-order chi connectivity index (χ1) is 8.20. The van der Waals surface area contributed by atoms with Crippen molar-refractivity contribution >= 4 is 17.3 Å². The Balaban J connectivity index is 2.05. The Morgan fingerprint density at radius 3 is 2.76 bits per heavy atom. The Hall–Kier alpha value is -1.20. The van der Waals surface area contributed by atoms with Crippen LogP contribution >= 0.6 is 11.6 Å². The lowest BCUT2D eigenvalue weighted by molar-refractivity contribution is 0.482. The molecule has 1 unspecified atom stereocenters. The zero-order valence-electron chi connectivity index (χ0n) is 10.0. The standard InChI is InChI=1S/C14H17ClN2/c1-10(11-4-2-3-5-11)17-13-6-7-14(15)12(8-13)9-16/h6-8,10-11,17H,2-5H2,1H3. The van der Waals surface area contributed by atoms with E-state index in [0.717, 1.165) is 11.6 Å². The fraction of sp³-hybridized carbons (Fsp3) is 0.500. The van der Waals surface area contributed by atoms with Gasteiger partial charge in [0.15, 0.2) is 0 Å². The van der Waals surface area contributed by atoms with Crippen molar-refractivity contribution in [3.8, 4) is 6.07 Å². The molecule has 1 N–H and O–H groups in total. The summed E-state index contributed by atoms with van der Waals surface area (Å²) < 4.78 is 0. The van der Waals surface area contributed by atoms with E-state index in [0.29, 0.717) is 16.6 Å². The highest BCUT2D eigenvalue weighted by atomic mass is 35.5. The molecular formula is C14H17ClN2. The highest BCUT2D eigenvalue weighted by Crippen LogP contribution is 2.29. The first-order valence-corrected chi connectivity index (χ1v) is 6.54.